The predicted molar refractivity (Wildman–Crippen MR) is 65.6 cm³/mol. The van der Waals surface area contributed by atoms with E-state index in [4.69, 9.17) is 5.73 Å². The summed E-state index contributed by atoms with van der Waals surface area (Å²) in [4.78, 5) is 25.0. The molecule has 6 heteroatoms. The zero-order valence-electron chi connectivity index (χ0n) is 11.1. The van der Waals surface area contributed by atoms with Crippen molar-refractivity contribution >= 4 is 11.9 Å². The number of methoxy groups -OCH3 is 1. The van der Waals surface area contributed by atoms with Crippen LogP contribution in [0.25, 0.3) is 0 Å². The number of hydrogen-bond acceptors (Lipinski definition) is 5. The summed E-state index contributed by atoms with van der Waals surface area (Å²) in [5.41, 5.74) is 5.77. The molecule has 0 unspecified atom stereocenters. The molecule has 1 aliphatic heterocycles. The van der Waals surface area contributed by atoms with Gasteiger partial charge in [-0.15, -0.1) is 0 Å². The lowest BCUT2D eigenvalue weighted by molar-refractivity contribution is -0.154. The molecule has 1 aliphatic rings. The highest BCUT2D eigenvalue weighted by atomic mass is 16.5. The summed E-state index contributed by atoms with van der Waals surface area (Å²) in [6.45, 7) is 4.13. The zero-order chi connectivity index (χ0) is 13.9. The number of carbonyl (C=O) groups excluding carboxylic acids is 2. The van der Waals surface area contributed by atoms with Crippen LogP contribution in [0.1, 0.15) is 26.7 Å². The average Bonchev–Trinajstić information content (AvgIpc) is 2.83. The molecule has 18 heavy (non-hydrogen) atoms. The highest BCUT2D eigenvalue weighted by Gasteiger charge is 2.39. The Labute approximate surface area is 107 Å². The molecule has 0 aliphatic carbocycles. The van der Waals surface area contributed by atoms with Gasteiger partial charge in [0, 0.05) is 12.6 Å². The number of amides is 1. The topological polar surface area (TPSA) is 92.9 Å². The molecule has 1 fully saturated rings. The van der Waals surface area contributed by atoms with Crippen molar-refractivity contribution in [3.8, 4) is 0 Å². The van der Waals surface area contributed by atoms with Gasteiger partial charge in [-0.05, 0) is 18.8 Å². The number of hydrogen-bond donors (Lipinski definition) is 2. The van der Waals surface area contributed by atoms with Crippen LogP contribution in [0.4, 0.5) is 0 Å². The van der Waals surface area contributed by atoms with E-state index in [0.29, 0.717) is 13.0 Å². The molecule has 0 spiro atoms. The van der Waals surface area contributed by atoms with E-state index in [1.54, 1.807) is 0 Å². The molecule has 3 N–H and O–H groups in total. The summed E-state index contributed by atoms with van der Waals surface area (Å²) in [6, 6.07) is -1.21. The monoisotopic (exact) mass is 258 g/mol. The highest BCUT2D eigenvalue weighted by molar-refractivity contribution is 5.87. The molecule has 1 amide bonds. The van der Waals surface area contributed by atoms with Gasteiger partial charge in [-0.25, -0.2) is 4.79 Å². The van der Waals surface area contributed by atoms with Gasteiger partial charge in [0.2, 0.25) is 0 Å². The highest BCUT2D eigenvalue weighted by Crippen LogP contribution is 2.20. The van der Waals surface area contributed by atoms with E-state index in [0.717, 1.165) is 6.42 Å². The van der Waals surface area contributed by atoms with Crippen LogP contribution in [-0.2, 0) is 14.3 Å². The second kappa shape index (κ2) is 6.15. The zero-order valence-corrected chi connectivity index (χ0v) is 11.1. The van der Waals surface area contributed by atoms with E-state index < -0.39 is 30.1 Å². The Morgan fingerprint density at radius 1 is 1.44 bits per heavy atom. The van der Waals surface area contributed by atoms with Gasteiger partial charge in [0.1, 0.15) is 12.1 Å². The maximum absolute atomic E-state index is 12.1. The molecule has 1 heterocycles. The minimum absolute atomic E-state index is 0.0110. The number of nitrogens with zero attached hydrogens (tertiary/aromatic N) is 1. The lowest BCUT2D eigenvalue weighted by atomic mass is 9.98. The summed E-state index contributed by atoms with van der Waals surface area (Å²) in [6.07, 6.45) is 0.0345. The van der Waals surface area contributed by atoms with Gasteiger partial charge in [-0.2, -0.15) is 0 Å². The molecule has 0 bridgehead atoms. The molecule has 104 valence electrons. The van der Waals surface area contributed by atoms with Crippen molar-refractivity contribution < 1.29 is 19.4 Å². The van der Waals surface area contributed by atoms with Crippen LogP contribution in [0.15, 0.2) is 0 Å². The molecular weight excluding hydrogens is 236 g/mol. The van der Waals surface area contributed by atoms with E-state index >= 15 is 0 Å². The van der Waals surface area contributed by atoms with E-state index in [-0.39, 0.29) is 5.92 Å². The van der Waals surface area contributed by atoms with Gasteiger partial charge in [0.15, 0.2) is 0 Å². The number of aliphatic hydroxyl groups is 1. The van der Waals surface area contributed by atoms with Crippen molar-refractivity contribution in [2.24, 2.45) is 11.7 Å². The van der Waals surface area contributed by atoms with Crippen LogP contribution >= 0.6 is 0 Å². The number of aliphatic hydroxyl groups excluding tert-OH is 1. The van der Waals surface area contributed by atoms with Gasteiger partial charge in [-0.3, -0.25) is 4.79 Å². The Hall–Kier alpha value is -1.14. The van der Waals surface area contributed by atoms with Gasteiger partial charge in [0.25, 0.3) is 5.91 Å². The molecule has 6 nitrogen and oxygen atoms in total. The quantitative estimate of drug-likeness (QED) is 0.663. The average molecular weight is 258 g/mol. The third-order valence-corrected chi connectivity index (χ3v) is 3.40. The van der Waals surface area contributed by atoms with Crippen molar-refractivity contribution in [1.29, 1.82) is 0 Å². The molecule has 1 saturated heterocycles. The van der Waals surface area contributed by atoms with Crippen LogP contribution in [-0.4, -0.2) is 53.7 Å². The first-order chi connectivity index (χ1) is 8.40. The third kappa shape index (κ3) is 3.00. The fourth-order valence-corrected chi connectivity index (χ4v) is 2.11. The van der Waals surface area contributed by atoms with Crippen LogP contribution in [0.2, 0.25) is 0 Å². The smallest absolute Gasteiger partial charge is 0.328 e. The van der Waals surface area contributed by atoms with Crippen molar-refractivity contribution in [2.75, 3.05) is 13.7 Å². The SMILES string of the molecule is COC(=O)[C@@H]1CCCN1C(=O)[C@@H](O)[C@H](N)C(C)C. The molecule has 0 saturated carbocycles. The fourth-order valence-electron chi connectivity index (χ4n) is 2.11. The maximum Gasteiger partial charge on any atom is 0.328 e. The molecule has 1 rings (SSSR count). The lowest BCUT2D eigenvalue weighted by Gasteiger charge is -2.28. The molecule has 0 aromatic carbocycles. The van der Waals surface area contributed by atoms with Crippen molar-refractivity contribution in [1.82, 2.24) is 4.90 Å². The second-order valence-corrected chi connectivity index (χ2v) is 4.98. The number of carbonyl (C=O) groups is 2. The summed E-state index contributed by atoms with van der Waals surface area (Å²) >= 11 is 0. The van der Waals surface area contributed by atoms with E-state index in [2.05, 4.69) is 4.74 Å². The number of ether oxygens (including phenoxy) is 1. The number of nitrogens with two attached hydrogens (primary N) is 1. The third-order valence-electron chi connectivity index (χ3n) is 3.40. The fraction of sp³-hybridized carbons (Fsp3) is 0.833. The van der Waals surface area contributed by atoms with Gasteiger partial charge >= 0.3 is 5.97 Å². The van der Waals surface area contributed by atoms with Gasteiger partial charge in [-0.1, -0.05) is 13.8 Å². The molecule has 0 radical (unpaired) electrons. The first-order valence-electron chi connectivity index (χ1n) is 6.22. The van der Waals surface area contributed by atoms with Crippen LogP contribution in [0.3, 0.4) is 0 Å². The summed E-state index contributed by atoms with van der Waals surface area (Å²) in [5, 5.41) is 9.92. The van der Waals surface area contributed by atoms with Crippen molar-refractivity contribution in [3.05, 3.63) is 0 Å². The van der Waals surface area contributed by atoms with Gasteiger partial charge < -0.3 is 20.5 Å². The maximum atomic E-state index is 12.1. The molecule has 3 atom stereocenters. The van der Waals surface area contributed by atoms with Crippen LogP contribution < -0.4 is 5.73 Å². The standard InChI is InChI=1S/C12H22N2O4/c1-7(2)9(13)10(15)11(16)14-6-4-5-8(14)12(17)18-3/h7-10,15H,4-6,13H2,1-3H3/t8-,9+,10-/m0/s1. The summed E-state index contributed by atoms with van der Waals surface area (Å²) in [5.74, 6) is -0.932. The molecule has 0 aromatic heterocycles. The normalized spacial score (nSPS) is 23.0. The molecule has 0 aromatic rings. The Balaban J connectivity index is 2.74. The minimum Gasteiger partial charge on any atom is -0.467 e. The minimum atomic E-state index is -1.27. The van der Waals surface area contributed by atoms with Crippen molar-refractivity contribution in [3.63, 3.8) is 0 Å². The van der Waals surface area contributed by atoms with Crippen LogP contribution in [0, 0.1) is 5.92 Å². The predicted octanol–water partition coefficient (Wildman–Crippen LogP) is -0.505. The summed E-state index contributed by atoms with van der Waals surface area (Å²) < 4.78 is 4.66. The van der Waals surface area contributed by atoms with E-state index in [9.17, 15) is 14.7 Å². The number of esters is 1. The van der Waals surface area contributed by atoms with E-state index in [1.165, 1.54) is 12.0 Å². The Morgan fingerprint density at radius 2 is 2.06 bits per heavy atom. The Bertz CT molecular complexity index is 319. The van der Waals surface area contributed by atoms with Gasteiger partial charge in [0.05, 0.1) is 7.11 Å². The Kier molecular flexibility index (Phi) is 5.10. The summed E-state index contributed by atoms with van der Waals surface area (Å²) in [7, 11) is 1.29. The van der Waals surface area contributed by atoms with E-state index in [1.807, 2.05) is 13.8 Å². The van der Waals surface area contributed by atoms with Crippen LogP contribution in [0.5, 0.6) is 0 Å². The number of rotatable bonds is 4. The first kappa shape index (κ1) is 14.9. The Morgan fingerprint density at radius 3 is 2.56 bits per heavy atom. The first-order valence-corrected chi connectivity index (χ1v) is 6.22. The number of likely N-dealkylation sites (tertiary alicyclic amines) is 1. The lowest BCUT2D eigenvalue weighted by Crippen LogP contribution is -2.53. The van der Waals surface area contributed by atoms with Crippen molar-refractivity contribution in [2.45, 2.75) is 44.9 Å². The second-order valence-electron chi connectivity index (χ2n) is 4.98. The molecular formula is C12H22N2O4. The largest absolute Gasteiger partial charge is 0.467 e.